The van der Waals surface area contributed by atoms with Gasteiger partial charge < -0.3 is 9.64 Å². The highest BCUT2D eigenvalue weighted by Gasteiger charge is 2.20. The van der Waals surface area contributed by atoms with Gasteiger partial charge in [0.05, 0.1) is 12.6 Å². The predicted molar refractivity (Wildman–Crippen MR) is 69.2 cm³/mol. The van der Waals surface area contributed by atoms with Crippen LogP contribution in [0.1, 0.15) is 32.1 Å². The molecule has 1 aliphatic heterocycles. The van der Waals surface area contributed by atoms with E-state index in [0.717, 1.165) is 25.9 Å². The van der Waals surface area contributed by atoms with Crippen LogP contribution in [0.4, 0.5) is 8.78 Å². The van der Waals surface area contributed by atoms with Crippen LogP contribution >= 0.6 is 15.9 Å². The molecular formula is C12H20BrF2NO2. The maximum atomic E-state index is 12.3. The molecule has 1 fully saturated rings. The van der Waals surface area contributed by atoms with E-state index in [4.69, 9.17) is 4.74 Å². The SMILES string of the molecule is O=C(CCC1CCCCO1)N(CCBr)CC(F)F. The van der Waals surface area contributed by atoms with Crippen LogP contribution in [-0.2, 0) is 9.53 Å². The third-order valence-corrected chi connectivity index (χ3v) is 3.37. The first-order valence-corrected chi connectivity index (χ1v) is 7.49. The van der Waals surface area contributed by atoms with Crippen molar-refractivity contribution >= 4 is 21.8 Å². The molecule has 1 atom stereocenters. The van der Waals surface area contributed by atoms with Gasteiger partial charge in [0.15, 0.2) is 0 Å². The van der Waals surface area contributed by atoms with Gasteiger partial charge in [-0.25, -0.2) is 8.78 Å². The lowest BCUT2D eigenvalue weighted by Gasteiger charge is -2.25. The second-order valence-electron chi connectivity index (χ2n) is 4.45. The predicted octanol–water partition coefficient (Wildman–Crippen LogP) is 2.82. The molecule has 0 bridgehead atoms. The van der Waals surface area contributed by atoms with Gasteiger partial charge in [-0.3, -0.25) is 4.79 Å². The maximum Gasteiger partial charge on any atom is 0.255 e. The summed E-state index contributed by atoms with van der Waals surface area (Å²) in [6.07, 6.45) is 1.76. The van der Waals surface area contributed by atoms with Crippen molar-refractivity contribution in [1.82, 2.24) is 4.90 Å². The average Bonchev–Trinajstić information content (AvgIpc) is 2.36. The summed E-state index contributed by atoms with van der Waals surface area (Å²) in [6, 6.07) is 0. The Morgan fingerprint density at radius 2 is 2.22 bits per heavy atom. The molecule has 1 unspecified atom stereocenters. The van der Waals surface area contributed by atoms with Gasteiger partial charge in [-0.1, -0.05) is 15.9 Å². The van der Waals surface area contributed by atoms with Gasteiger partial charge in [-0.2, -0.15) is 0 Å². The fraction of sp³-hybridized carbons (Fsp3) is 0.917. The fourth-order valence-electron chi connectivity index (χ4n) is 2.06. The number of nitrogens with zero attached hydrogens (tertiary/aromatic N) is 1. The molecule has 1 saturated heterocycles. The van der Waals surface area contributed by atoms with Crippen molar-refractivity contribution in [1.29, 1.82) is 0 Å². The van der Waals surface area contributed by atoms with Crippen LogP contribution in [0.3, 0.4) is 0 Å². The van der Waals surface area contributed by atoms with Crippen molar-refractivity contribution in [3.63, 3.8) is 0 Å². The number of hydrogen-bond acceptors (Lipinski definition) is 2. The molecule has 1 heterocycles. The standard InChI is InChI=1S/C12H20BrF2NO2/c13-6-7-16(9-11(14)15)12(17)5-4-10-3-1-2-8-18-10/h10-11H,1-9H2. The van der Waals surface area contributed by atoms with E-state index in [9.17, 15) is 13.6 Å². The summed E-state index contributed by atoms with van der Waals surface area (Å²) in [5, 5.41) is 0.519. The average molecular weight is 328 g/mol. The highest BCUT2D eigenvalue weighted by Crippen LogP contribution is 2.17. The normalized spacial score (nSPS) is 20.1. The van der Waals surface area contributed by atoms with E-state index in [-0.39, 0.29) is 12.0 Å². The van der Waals surface area contributed by atoms with E-state index in [2.05, 4.69) is 15.9 Å². The van der Waals surface area contributed by atoms with E-state index in [0.29, 0.717) is 24.7 Å². The zero-order valence-corrected chi connectivity index (χ0v) is 12.0. The molecular weight excluding hydrogens is 308 g/mol. The summed E-state index contributed by atoms with van der Waals surface area (Å²) < 4.78 is 30.2. The van der Waals surface area contributed by atoms with Gasteiger partial charge >= 0.3 is 0 Å². The number of halogens is 3. The largest absolute Gasteiger partial charge is 0.378 e. The first kappa shape index (κ1) is 15.8. The smallest absolute Gasteiger partial charge is 0.255 e. The van der Waals surface area contributed by atoms with Gasteiger partial charge in [0.25, 0.3) is 6.43 Å². The van der Waals surface area contributed by atoms with Gasteiger partial charge in [0.2, 0.25) is 5.91 Å². The number of carbonyl (C=O) groups is 1. The molecule has 6 heteroatoms. The van der Waals surface area contributed by atoms with E-state index >= 15 is 0 Å². The molecule has 0 spiro atoms. The van der Waals surface area contributed by atoms with Crippen LogP contribution in [0, 0.1) is 0 Å². The molecule has 0 aromatic heterocycles. The van der Waals surface area contributed by atoms with E-state index in [1.165, 1.54) is 4.90 Å². The van der Waals surface area contributed by atoms with E-state index in [1.807, 2.05) is 0 Å². The maximum absolute atomic E-state index is 12.3. The Morgan fingerprint density at radius 1 is 1.44 bits per heavy atom. The molecule has 1 rings (SSSR count). The molecule has 18 heavy (non-hydrogen) atoms. The highest BCUT2D eigenvalue weighted by molar-refractivity contribution is 9.09. The van der Waals surface area contributed by atoms with Crippen LogP contribution in [0.5, 0.6) is 0 Å². The number of alkyl halides is 3. The number of rotatable bonds is 7. The van der Waals surface area contributed by atoms with E-state index < -0.39 is 13.0 Å². The molecule has 0 saturated carbocycles. The Balaban J connectivity index is 2.30. The van der Waals surface area contributed by atoms with Crippen LogP contribution in [0.25, 0.3) is 0 Å². The molecule has 0 aromatic carbocycles. The number of carbonyl (C=O) groups excluding carboxylic acids is 1. The van der Waals surface area contributed by atoms with Gasteiger partial charge in [-0.15, -0.1) is 0 Å². The fourth-order valence-corrected chi connectivity index (χ4v) is 2.49. The number of amides is 1. The molecule has 0 N–H and O–H groups in total. The third-order valence-electron chi connectivity index (χ3n) is 3.02. The number of hydrogen-bond donors (Lipinski definition) is 0. The summed E-state index contributed by atoms with van der Waals surface area (Å²) in [4.78, 5) is 13.1. The summed E-state index contributed by atoms with van der Waals surface area (Å²) in [7, 11) is 0. The van der Waals surface area contributed by atoms with Crippen LogP contribution in [0.2, 0.25) is 0 Å². The van der Waals surface area contributed by atoms with Crippen molar-refractivity contribution < 1.29 is 18.3 Å². The minimum Gasteiger partial charge on any atom is -0.378 e. The molecule has 1 aliphatic rings. The highest BCUT2D eigenvalue weighted by atomic mass is 79.9. The first-order valence-electron chi connectivity index (χ1n) is 6.37. The molecule has 1 amide bonds. The number of ether oxygens (including phenoxy) is 1. The Hall–Kier alpha value is -0.230. The van der Waals surface area contributed by atoms with Crippen molar-refractivity contribution in [2.24, 2.45) is 0 Å². The summed E-state index contributed by atoms with van der Waals surface area (Å²) in [5.41, 5.74) is 0. The summed E-state index contributed by atoms with van der Waals surface area (Å²) >= 11 is 3.17. The summed E-state index contributed by atoms with van der Waals surface area (Å²) in [6.45, 7) is 0.603. The quantitative estimate of drug-likeness (QED) is 0.673. The second-order valence-corrected chi connectivity index (χ2v) is 5.24. The van der Waals surface area contributed by atoms with E-state index in [1.54, 1.807) is 0 Å². The lowest BCUT2D eigenvalue weighted by atomic mass is 10.0. The lowest BCUT2D eigenvalue weighted by Crippen LogP contribution is -2.37. The van der Waals surface area contributed by atoms with Crippen molar-refractivity contribution in [2.75, 3.05) is 25.0 Å². The van der Waals surface area contributed by atoms with Gasteiger partial charge in [0, 0.05) is 24.9 Å². The minimum absolute atomic E-state index is 0.125. The Kier molecular flexibility index (Phi) is 7.74. The van der Waals surface area contributed by atoms with Crippen molar-refractivity contribution in [3.8, 4) is 0 Å². The van der Waals surface area contributed by atoms with Crippen molar-refractivity contribution in [2.45, 2.75) is 44.6 Å². The monoisotopic (exact) mass is 327 g/mol. The molecule has 0 radical (unpaired) electrons. The van der Waals surface area contributed by atoms with Crippen LogP contribution < -0.4 is 0 Å². The molecule has 106 valence electrons. The topological polar surface area (TPSA) is 29.5 Å². The molecule has 3 nitrogen and oxygen atoms in total. The Labute approximate surface area is 115 Å². The Bertz CT molecular complexity index is 248. The van der Waals surface area contributed by atoms with Gasteiger partial charge in [-0.05, 0) is 25.7 Å². The first-order chi connectivity index (χ1) is 8.63. The third kappa shape index (κ3) is 6.09. The zero-order chi connectivity index (χ0) is 13.4. The minimum atomic E-state index is -2.47. The lowest BCUT2D eigenvalue weighted by molar-refractivity contribution is -0.133. The van der Waals surface area contributed by atoms with Crippen molar-refractivity contribution in [3.05, 3.63) is 0 Å². The van der Waals surface area contributed by atoms with Crippen LogP contribution in [-0.4, -0.2) is 48.4 Å². The molecule has 0 aromatic rings. The Morgan fingerprint density at radius 3 is 2.78 bits per heavy atom. The van der Waals surface area contributed by atoms with Crippen LogP contribution in [0.15, 0.2) is 0 Å². The summed E-state index contributed by atoms with van der Waals surface area (Å²) in [5.74, 6) is -0.205. The second kappa shape index (κ2) is 8.80. The van der Waals surface area contributed by atoms with Gasteiger partial charge in [0.1, 0.15) is 0 Å². The molecule has 0 aliphatic carbocycles. The zero-order valence-electron chi connectivity index (χ0n) is 10.4.